The zero-order valence-electron chi connectivity index (χ0n) is 12.0. The third kappa shape index (κ3) is 3.50. The van der Waals surface area contributed by atoms with E-state index in [4.69, 9.17) is 0 Å². The van der Waals surface area contributed by atoms with Crippen molar-refractivity contribution in [3.8, 4) is 0 Å². The van der Waals surface area contributed by atoms with Crippen LogP contribution in [0.15, 0.2) is 40.9 Å². The number of carbonyl (C=O) groups excluding carboxylic acids is 1. The molecule has 0 aromatic heterocycles. The standard InChI is InChI=1S/C17H17BrFNO/c1-3-11-6-5-7-12(4-2)16(11)20-17(21)13-8-9-15(19)14(18)10-13/h5-10H,3-4H2,1-2H3,(H,20,21). The maximum absolute atomic E-state index is 13.2. The van der Waals surface area contributed by atoms with E-state index < -0.39 is 0 Å². The van der Waals surface area contributed by atoms with Gasteiger partial charge >= 0.3 is 0 Å². The third-order valence-electron chi connectivity index (χ3n) is 3.42. The smallest absolute Gasteiger partial charge is 0.255 e. The lowest BCUT2D eigenvalue weighted by Crippen LogP contribution is -2.15. The Balaban J connectivity index is 2.33. The van der Waals surface area contributed by atoms with Crippen molar-refractivity contribution in [3.05, 3.63) is 63.4 Å². The molecule has 0 saturated carbocycles. The number of hydrogen-bond acceptors (Lipinski definition) is 1. The molecule has 0 heterocycles. The molecule has 0 spiro atoms. The summed E-state index contributed by atoms with van der Waals surface area (Å²) in [5, 5.41) is 2.96. The van der Waals surface area contributed by atoms with E-state index in [0.717, 1.165) is 29.7 Å². The Labute approximate surface area is 132 Å². The zero-order valence-corrected chi connectivity index (χ0v) is 13.6. The predicted molar refractivity (Wildman–Crippen MR) is 87.3 cm³/mol. The van der Waals surface area contributed by atoms with E-state index in [2.05, 4.69) is 35.1 Å². The van der Waals surface area contributed by atoms with E-state index >= 15 is 0 Å². The zero-order chi connectivity index (χ0) is 15.4. The number of hydrogen-bond donors (Lipinski definition) is 1. The molecule has 0 aliphatic heterocycles. The summed E-state index contributed by atoms with van der Waals surface area (Å²) in [5.41, 5.74) is 3.50. The Hall–Kier alpha value is -1.68. The van der Waals surface area contributed by atoms with E-state index in [1.165, 1.54) is 18.2 Å². The first kappa shape index (κ1) is 15.7. The van der Waals surface area contributed by atoms with Crippen molar-refractivity contribution in [1.29, 1.82) is 0 Å². The average Bonchev–Trinajstić information content (AvgIpc) is 2.50. The lowest BCUT2D eigenvalue weighted by molar-refractivity contribution is 0.102. The number of halogens is 2. The quantitative estimate of drug-likeness (QED) is 0.829. The molecule has 0 atom stereocenters. The molecule has 21 heavy (non-hydrogen) atoms. The van der Waals surface area contributed by atoms with Gasteiger partial charge in [0.25, 0.3) is 5.91 Å². The van der Waals surface area contributed by atoms with Crippen LogP contribution in [0.25, 0.3) is 0 Å². The van der Waals surface area contributed by atoms with Crippen molar-refractivity contribution in [3.63, 3.8) is 0 Å². The van der Waals surface area contributed by atoms with Crippen LogP contribution < -0.4 is 5.32 Å². The first-order chi connectivity index (χ1) is 10.1. The fourth-order valence-electron chi connectivity index (χ4n) is 2.23. The van der Waals surface area contributed by atoms with E-state index in [1.807, 2.05) is 18.2 Å². The first-order valence-corrected chi connectivity index (χ1v) is 7.73. The molecule has 110 valence electrons. The molecule has 2 aromatic rings. The highest BCUT2D eigenvalue weighted by molar-refractivity contribution is 9.10. The molecule has 0 bridgehead atoms. The van der Waals surface area contributed by atoms with Crippen LogP contribution >= 0.6 is 15.9 Å². The Bertz CT molecular complexity index is 648. The van der Waals surface area contributed by atoms with Gasteiger partial charge in [-0.3, -0.25) is 4.79 Å². The molecule has 0 unspecified atom stereocenters. The second-order valence-electron chi connectivity index (χ2n) is 4.74. The van der Waals surface area contributed by atoms with Crippen LogP contribution in [0.5, 0.6) is 0 Å². The minimum Gasteiger partial charge on any atom is -0.321 e. The van der Waals surface area contributed by atoms with Gasteiger partial charge in [0.15, 0.2) is 0 Å². The van der Waals surface area contributed by atoms with Crippen LogP contribution in [0, 0.1) is 5.82 Å². The van der Waals surface area contributed by atoms with Gasteiger partial charge in [0.05, 0.1) is 4.47 Å². The van der Waals surface area contributed by atoms with Gasteiger partial charge < -0.3 is 5.32 Å². The summed E-state index contributed by atoms with van der Waals surface area (Å²) in [7, 11) is 0. The highest BCUT2D eigenvalue weighted by Crippen LogP contribution is 2.24. The molecule has 0 aliphatic rings. The maximum Gasteiger partial charge on any atom is 0.255 e. The fraction of sp³-hybridized carbons (Fsp3) is 0.235. The maximum atomic E-state index is 13.2. The Morgan fingerprint density at radius 2 is 1.76 bits per heavy atom. The van der Waals surface area contributed by atoms with Gasteiger partial charge in [0, 0.05) is 11.3 Å². The molecule has 0 fully saturated rings. The van der Waals surface area contributed by atoms with Gasteiger partial charge in [0.1, 0.15) is 5.82 Å². The summed E-state index contributed by atoms with van der Waals surface area (Å²) in [6.07, 6.45) is 1.69. The minimum absolute atomic E-state index is 0.230. The van der Waals surface area contributed by atoms with Crippen LogP contribution in [0.3, 0.4) is 0 Å². The van der Waals surface area contributed by atoms with Crippen molar-refractivity contribution >= 4 is 27.5 Å². The van der Waals surface area contributed by atoms with Gasteiger partial charge in [-0.2, -0.15) is 0 Å². The Morgan fingerprint density at radius 1 is 1.14 bits per heavy atom. The molecule has 0 aliphatic carbocycles. The Morgan fingerprint density at radius 3 is 2.29 bits per heavy atom. The van der Waals surface area contributed by atoms with E-state index in [0.29, 0.717) is 5.56 Å². The number of benzene rings is 2. The molecule has 2 nitrogen and oxygen atoms in total. The van der Waals surface area contributed by atoms with Crippen molar-refractivity contribution in [2.75, 3.05) is 5.32 Å². The number of rotatable bonds is 4. The highest BCUT2D eigenvalue weighted by atomic mass is 79.9. The molecule has 2 aromatic carbocycles. The number of para-hydroxylation sites is 1. The summed E-state index contributed by atoms with van der Waals surface area (Å²) < 4.78 is 13.5. The van der Waals surface area contributed by atoms with Gasteiger partial charge in [-0.15, -0.1) is 0 Å². The third-order valence-corrected chi connectivity index (χ3v) is 4.03. The van der Waals surface area contributed by atoms with Gasteiger partial charge in [0.2, 0.25) is 0 Å². The largest absolute Gasteiger partial charge is 0.321 e. The van der Waals surface area contributed by atoms with Crippen LogP contribution in [-0.2, 0) is 12.8 Å². The molecule has 2 rings (SSSR count). The highest BCUT2D eigenvalue weighted by Gasteiger charge is 2.13. The van der Waals surface area contributed by atoms with Crippen molar-refractivity contribution in [2.24, 2.45) is 0 Å². The number of anilines is 1. The second-order valence-corrected chi connectivity index (χ2v) is 5.60. The van der Waals surface area contributed by atoms with Crippen LogP contribution in [0.4, 0.5) is 10.1 Å². The summed E-state index contributed by atoms with van der Waals surface area (Å²) in [4.78, 5) is 12.4. The first-order valence-electron chi connectivity index (χ1n) is 6.94. The molecule has 1 amide bonds. The topological polar surface area (TPSA) is 29.1 Å². The second kappa shape index (κ2) is 6.85. The van der Waals surface area contributed by atoms with Crippen molar-refractivity contribution < 1.29 is 9.18 Å². The lowest BCUT2D eigenvalue weighted by atomic mass is 10.0. The van der Waals surface area contributed by atoms with E-state index in [1.54, 1.807) is 0 Å². The number of aryl methyl sites for hydroxylation is 2. The van der Waals surface area contributed by atoms with Crippen molar-refractivity contribution in [1.82, 2.24) is 0 Å². The fourth-order valence-corrected chi connectivity index (χ4v) is 2.60. The number of carbonyl (C=O) groups is 1. The predicted octanol–water partition coefficient (Wildman–Crippen LogP) is 4.97. The molecular formula is C17H17BrFNO. The monoisotopic (exact) mass is 349 g/mol. The summed E-state index contributed by atoms with van der Waals surface area (Å²) in [6.45, 7) is 4.11. The molecule has 4 heteroatoms. The van der Waals surface area contributed by atoms with Gasteiger partial charge in [-0.05, 0) is 58.1 Å². The lowest BCUT2D eigenvalue weighted by Gasteiger charge is -2.14. The van der Waals surface area contributed by atoms with Crippen LogP contribution in [0.2, 0.25) is 0 Å². The number of nitrogens with one attached hydrogen (secondary N) is 1. The SMILES string of the molecule is CCc1cccc(CC)c1NC(=O)c1ccc(F)c(Br)c1. The van der Waals surface area contributed by atoms with Crippen LogP contribution in [0.1, 0.15) is 35.3 Å². The summed E-state index contributed by atoms with van der Waals surface area (Å²) in [6, 6.07) is 10.3. The normalized spacial score (nSPS) is 10.5. The molecule has 0 radical (unpaired) electrons. The molecular weight excluding hydrogens is 333 g/mol. The summed E-state index contributed by atoms with van der Waals surface area (Å²) in [5.74, 6) is -0.610. The molecule has 1 N–H and O–H groups in total. The number of amides is 1. The average molecular weight is 350 g/mol. The van der Waals surface area contributed by atoms with Crippen LogP contribution in [-0.4, -0.2) is 5.91 Å². The van der Waals surface area contributed by atoms with E-state index in [-0.39, 0.29) is 16.2 Å². The van der Waals surface area contributed by atoms with Crippen molar-refractivity contribution in [2.45, 2.75) is 26.7 Å². The Kier molecular flexibility index (Phi) is 5.12. The van der Waals surface area contributed by atoms with E-state index in [9.17, 15) is 9.18 Å². The minimum atomic E-state index is -0.380. The molecule has 0 saturated heterocycles. The van der Waals surface area contributed by atoms with Gasteiger partial charge in [-0.1, -0.05) is 32.0 Å². The van der Waals surface area contributed by atoms with Gasteiger partial charge in [-0.25, -0.2) is 4.39 Å². The summed E-state index contributed by atoms with van der Waals surface area (Å²) >= 11 is 3.10.